The molecule has 1 N–H and O–H groups in total. The van der Waals surface area contributed by atoms with E-state index in [-0.39, 0.29) is 0 Å². The summed E-state index contributed by atoms with van der Waals surface area (Å²) in [6.45, 7) is 3.87. The van der Waals surface area contributed by atoms with Gasteiger partial charge in [-0.1, -0.05) is 41.6 Å². The topological polar surface area (TPSA) is 32.6 Å². The van der Waals surface area contributed by atoms with Gasteiger partial charge in [-0.25, -0.2) is 0 Å². The van der Waals surface area contributed by atoms with Gasteiger partial charge in [-0.05, 0) is 12.8 Å². The van der Waals surface area contributed by atoms with E-state index in [0.717, 1.165) is 30.5 Å². The molecule has 0 aromatic rings. The molecule has 0 aromatic heterocycles. The lowest BCUT2D eigenvalue weighted by Gasteiger charge is -1.99. The predicted molar refractivity (Wildman–Crippen MR) is 50.5 cm³/mol. The Hall–Kier alpha value is -1.31. The molecule has 1 aliphatic carbocycles. The first-order valence-corrected chi connectivity index (χ1v) is 4.03. The quantitative estimate of drug-likeness (QED) is 0.432. The number of hydrogen-bond acceptors (Lipinski definition) is 2. The summed E-state index contributed by atoms with van der Waals surface area (Å²) in [6, 6.07) is 0. The lowest BCUT2D eigenvalue weighted by Crippen LogP contribution is -1.96. The molecule has 1 rings (SSSR count). The maximum Gasteiger partial charge on any atom is 0.0611 e. The van der Waals surface area contributed by atoms with E-state index in [1.54, 1.807) is 0 Å². The number of nitrogens with zero attached hydrogens (tertiary/aromatic N) is 1. The van der Waals surface area contributed by atoms with Gasteiger partial charge in [-0.15, -0.1) is 0 Å². The molecule has 0 bridgehead atoms. The third-order valence-corrected chi connectivity index (χ3v) is 1.81. The van der Waals surface area contributed by atoms with Crippen molar-refractivity contribution in [3.8, 4) is 0 Å². The SMILES string of the molecule is C=C1/C=C\C=C/CC(=NO)CC1. The van der Waals surface area contributed by atoms with Crippen molar-refractivity contribution in [2.24, 2.45) is 5.16 Å². The summed E-state index contributed by atoms with van der Waals surface area (Å²) in [6.07, 6.45) is 10.3. The van der Waals surface area contributed by atoms with E-state index in [0.29, 0.717) is 0 Å². The Morgan fingerprint density at radius 2 is 2.17 bits per heavy atom. The second-order valence-electron chi connectivity index (χ2n) is 2.82. The Balaban J connectivity index is 2.66. The molecule has 0 fully saturated rings. The van der Waals surface area contributed by atoms with Crippen molar-refractivity contribution in [3.05, 3.63) is 36.5 Å². The van der Waals surface area contributed by atoms with Gasteiger partial charge in [0.15, 0.2) is 0 Å². The van der Waals surface area contributed by atoms with Crippen LogP contribution >= 0.6 is 0 Å². The largest absolute Gasteiger partial charge is 0.411 e. The van der Waals surface area contributed by atoms with E-state index in [9.17, 15) is 0 Å². The van der Waals surface area contributed by atoms with E-state index >= 15 is 0 Å². The van der Waals surface area contributed by atoms with Crippen molar-refractivity contribution < 1.29 is 5.21 Å². The van der Waals surface area contributed by atoms with Gasteiger partial charge in [0.1, 0.15) is 0 Å². The standard InChI is InChI=1S/C10H13NO/c1-9-5-3-2-4-6-10(11-12)8-7-9/h2-5,12H,1,6-8H2/b4-2-,5-3-,11-10?. The summed E-state index contributed by atoms with van der Waals surface area (Å²) in [5.74, 6) is 0. The lowest BCUT2D eigenvalue weighted by atomic mass is 10.1. The molecule has 2 heteroatoms. The molecule has 1 aliphatic rings. The van der Waals surface area contributed by atoms with Crippen molar-refractivity contribution in [1.29, 1.82) is 0 Å². The highest BCUT2D eigenvalue weighted by Gasteiger charge is 1.99. The first-order chi connectivity index (χ1) is 5.83. The molecule has 64 valence electrons. The monoisotopic (exact) mass is 163 g/mol. The first-order valence-electron chi connectivity index (χ1n) is 4.03. The summed E-state index contributed by atoms with van der Waals surface area (Å²) in [4.78, 5) is 0. The van der Waals surface area contributed by atoms with E-state index in [1.807, 2.05) is 24.3 Å². The molecule has 0 saturated carbocycles. The molecule has 12 heavy (non-hydrogen) atoms. The zero-order chi connectivity index (χ0) is 8.81. The molecule has 0 unspecified atom stereocenters. The average Bonchev–Trinajstić information content (AvgIpc) is 2.17. The minimum absolute atomic E-state index is 0.730. The molecule has 0 spiro atoms. The minimum Gasteiger partial charge on any atom is -0.411 e. The summed E-state index contributed by atoms with van der Waals surface area (Å²) >= 11 is 0. The number of oxime groups is 1. The van der Waals surface area contributed by atoms with Crippen LogP contribution in [-0.4, -0.2) is 10.9 Å². The van der Waals surface area contributed by atoms with Crippen LogP contribution in [0.1, 0.15) is 19.3 Å². The van der Waals surface area contributed by atoms with Crippen LogP contribution < -0.4 is 0 Å². The van der Waals surface area contributed by atoms with E-state index in [4.69, 9.17) is 5.21 Å². The van der Waals surface area contributed by atoms with Crippen LogP contribution in [0.3, 0.4) is 0 Å². The molecular weight excluding hydrogens is 150 g/mol. The van der Waals surface area contributed by atoms with Crippen molar-refractivity contribution in [2.45, 2.75) is 19.3 Å². The molecule has 0 amide bonds. The fourth-order valence-electron chi connectivity index (χ4n) is 1.06. The Labute approximate surface area is 72.6 Å². The van der Waals surface area contributed by atoms with Gasteiger partial charge in [-0.2, -0.15) is 0 Å². The summed E-state index contributed by atoms with van der Waals surface area (Å²) in [5, 5.41) is 11.8. The third-order valence-electron chi connectivity index (χ3n) is 1.81. The van der Waals surface area contributed by atoms with E-state index < -0.39 is 0 Å². The number of hydrogen-bond donors (Lipinski definition) is 1. The van der Waals surface area contributed by atoms with Crippen LogP contribution in [0.4, 0.5) is 0 Å². The van der Waals surface area contributed by atoms with Crippen molar-refractivity contribution in [2.75, 3.05) is 0 Å². The van der Waals surface area contributed by atoms with Crippen LogP contribution in [-0.2, 0) is 0 Å². The summed E-state index contributed by atoms with van der Waals surface area (Å²) in [5.41, 5.74) is 1.89. The third kappa shape index (κ3) is 2.74. The average molecular weight is 163 g/mol. The molecule has 0 aliphatic heterocycles. The minimum atomic E-state index is 0.730. The van der Waals surface area contributed by atoms with Crippen LogP contribution in [0.25, 0.3) is 0 Å². The van der Waals surface area contributed by atoms with Crippen LogP contribution in [0.5, 0.6) is 0 Å². The van der Waals surface area contributed by atoms with Gasteiger partial charge in [0.05, 0.1) is 5.71 Å². The van der Waals surface area contributed by atoms with E-state index in [1.165, 1.54) is 0 Å². The zero-order valence-corrected chi connectivity index (χ0v) is 7.03. The molecule has 0 radical (unpaired) electrons. The second-order valence-corrected chi connectivity index (χ2v) is 2.82. The second kappa shape index (κ2) is 4.54. The Bertz CT molecular complexity index is 249. The van der Waals surface area contributed by atoms with Gasteiger partial charge < -0.3 is 5.21 Å². The zero-order valence-electron chi connectivity index (χ0n) is 7.03. The predicted octanol–water partition coefficient (Wildman–Crippen LogP) is 2.67. The van der Waals surface area contributed by atoms with Crippen LogP contribution in [0, 0.1) is 0 Å². The Kier molecular flexibility index (Phi) is 3.33. The van der Waals surface area contributed by atoms with E-state index in [2.05, 4.69) is 11.7 Å². The maximum atomic E-state index is 8.59. The molecule has 0 heterocycles. The maximum absolute atomic E-state index is 8.59. The van der Waals surface area contributed by atoms with Gasteiger partial charge in [0.2, 0.25) is 0 Å². The van der Waals surface area contributed by atoms with Gasteiger partial charge >= 0.3 is 0 Å². The Morgan fingerprint density at radius 1 is 1.33 bits per heavy atom. The fraction of sp³-hybridized carbons (Fsp3) is 0.300. The first kappa shape index (κ1) is 8.78. The van der Waals surface area contributed by atoms with Crippen molar-refractivity contribution in [3.63, 3.8) is 0 Å². The smallest absolute Gasteiger partial charge is 0.0611 e. The molecule has 0 saturated heterocycles. The van der Waals surface area contributed by atoms with Gasteiger partial charge in [0.25, 0.3) is 0 Å². The highest BCUT2D eigenvalue weighted by molar-refractivity contribution is 5.85. The van der Waals surface area contributed by atoms with Gasteiger partial charge in [0, 0.05) is 6.42 Å². The molecule has 0 atom stereocenters. The van der Waals surface area contributed by atoms with Crippen LogP contribution in [0.15, 0.2) is 41.6 Å². The van der Waals surface area contributed by atoms with Crippen molar-refractivity contribution >= 4 is 5.71 Å². The normalized spacial score (nSPS) is 27.3. The molecular formula is C10H13NO. The summed E-state index contributed by atoms with van der Waals surface area (Å²) in [7, 11) is 0. The van der Waals surface area contributed by atoms with Crippen LogP contribution in [0.2, 0.25) is 0 Å². The lowest BCUT2D eigenvalue weighted by molar-refractivity contribution is 0.316. The highest BCUT2D eigenvalue weighted by atomic mass is 16.4. The van der Waals surface area contributed by atoms with Crippen molar-refractivity contribution in [1.82, 2.24) is 0 Å². The fourth-order valence-corrected chi connectivity index (χ4v) is 1.06. The number of rotatable bonds is 0. The molecule has 0 aromatic carbocycles. The summed E-state index contributed by atoms with van der Waals surface area (Å²) < 4.78 is 0. The van der Waals surface area contributed by atoms with Gasteiger partial charge in [-0.3, -0.25) is 0 Å². The number of allylic oxidation sites excluding steroid dienone is 5. The highest BCUT2D eigenvalue weighted by Crippen LogP contribution is 2.09. The molecule has 2 nitrogen and oxygen atoms in total. The Morgan fingerprint density at radius 3 is 2.92 bits per heavy atom.